The van der Waals surface area contributed by atoms with Crippen molar-refractivity contribution < 1.29 is 0 Å². The third kappa shape index (κ3) is 5.55. The molecule has 2 N–H and O–H groups in total. The Morgan fingerprint density at radius 3 is 2.13 bits per heavy atom. The van der Waals surface area contributed by atoms with E-state index >= 15 is 0 Å². The molecule has 0 amide bonds. The SMILES string of the molecule is CCNC(=S)Nc1nc(N2CCC(C)CC2)cc(N2CCN(c3ccccc3)CC2)n1. The number of piperidine rings is 1. The molecule has 8 heteroatoms. The van der Waals surface area contributed by atoms with Crippen LogP contribution in [0.25, 0.3) is 0 Å². The van der Waals surface area contributed by atoms with Crippen molar-refractivity contribution in [2.24, 2.45) is 5.92 Å². The van der Waals surface area contributed by atoms with E-state index < -0.39 is 0 Å². The van der Waals surface area contributed by atoms with Crippen LogP contribution >= 0.6 is 12.2 Å². The minimum absolute atomic E-state index is 0.562. The second-order valence-corrected chi connectivity index (χ2v) is 8.78. The van der Waals surface area contributed by atoms with Gasteiger partial charge in [-0.15, -0.1) is 0 Å². The molecule has 1 aromatic heterocycles. The van der Waals surface area contributed by atoms with Crippen LogP contribution in [0.1, 0.15) is 26.7 Å². The molecule has 166 valence electrons. The molecule has 0 aliphatic carbocycles. The number of para-hydroxylation sites is 1. The standard InChI is InChI=1S/C23H33N7S/c1-3-24-23(31)27-22-25-20(29-11-9-18(2)10-12-29)17-21(26-22)30-15-13-28(14-16-30)19-7-5-4-6-8-19/h4-8,17-18H,3,9-16H2,1-2H3,(H2,24,25,26,27,31). The number of benzene rings is 1. The van der Waals surface area contributed by atoms with Gasteiger partial charge < -0.3 is 25.3 Å². The van der Waals surface area contributed by atoms with Crippen molar-refractivity contribution in [3.05, 3.63) is 36.4 Å². The fourth-order valence-corrected chi connectivity index (χ4v) is 4.41. The highest BCUT2D eigenvalue weighted by Gasteiger charge is 2.23. The monoisotopic (exact) mass is 439 g/mol. The van der Waals surface area contributed by atoms with Gasteiger partial charge in [-0.2, -0.15) is 9.97 Å². The van der Waals surface area contributed by atoms with Crippen LogP contribution in [-0.2, 0) is 0 Å². The summed E-state index contributed by atoms with van der Waals surface area (Å²) in [6, 6.07) is 12.8. The highest BCUT2D eigenvalue weighted by atomic mass is 32.1. The molecule has 0 unspecified atom stereocenters. The highest BCUT2D eigenvalue weighted by Crippen LogP contribution is 2.27. The highest BCUT2D eigenvalue weighted by molar-refractivity contribution is 7.80. The molecule has 31 heavy (non-hydrogen) atoms. The number of thiocarbonyl (C=S) groups is 1. The van der Waals surface area contributed by atoms with E-state index in [4.69, 9.17) is 22.2 Å². The van der Waals surface area contributed by atoms with Gasteiger partial charge in [0.2, 0.25) is 5.95 Å². The van der Waals surface area contributed by atoms with E-state index in [1.54, 1.807) is 0 Å². The van der Waals surface area contributed by atoms with Gasteiger partial charge in [0.05, 0.1) is 0 Å². The van der Waals surface area contributed by atoms with E-state index in [0.29, 0.717) is 11.1 Å². The third-order valence-corrected chi connectivity index (χ3v) is 6.34. The van der Waals surface area contributed by atoms with E-state index in [1.165, 1.54) is 18.5 Å². The zero-order valence-corrected chi connectivity index (χ0v) is 19.4. The fraction of sp³-hybridized carbons (Fsp3) is 0.522. The van der Waals surface area contributed by atoms with Gasteiger partial charge in [0.15, 0.2) is 5.11 Å². The van der Waals surface area contributed by atoms with Crippen molar-refractivity contribution in [1.82, 2.24) is 15.3 Å². The number of hydrogen-bond acceptors (Lipinski definition) is 6. The number of hydrogen-bond donors (Lipinski definition) is 2. The Bertz CT molecular complexity index is 859. The van der Waals surface area contributed by atoms with Crippen molar-refractivity contribution in [2.75, 3.05) is 65.8 Å². The lowest BCUT2D eigenvalue weighted by molar-refractivity contribution is 0.436. The van der Waals surface area contributed by atoms with Crippen LogP contribution in [0.2, 0.25) is 0 Å². The molecule has 1 aromatic carbocycles. The van der Waals surface area contributed by atoms with Gasteiger partial charge >= 0.3 is 0 Å². The van der Waals surface area contributed by atoms with Crippen LogP contribution in [-0.4, -0.2) is 60.9 Å². The normalized spacial score (nSPS) is 17.5. The van der Waals surface area contributed by atoms with Gasteiger partial charge in [-0.25, -0.2) is 0 Å². The van der Waals surface area contributed by atoms with Crippen molar-refractivity contribution in [3.63, 3.8) is 0 Å². The molecule has 2 aliphatic rings. The van der Waals surface area contributed by atoms with Crippen LogP contribution in [0.5, 0.6) is 0 Å². The molecule has 0 spiro atoms. The number of aromatic nitrogens is 2. The summed E-state index contributed by atoms with van der Waals surface area (Å²) < 4.78 is 0. The largest absolute Gasteiger partial charge is 0.368 e. The van der Waals surface area contributed by atoms with Crippen LogP contribution in [0.3, 0.4) is 0 Å². The first-order chi connectivity index (χ1) is 15.1. The Hall–Kier alpha value is -2.61. The molecule has 2 aliphatic heterocycles. The molecule has 4 rings (SSSR count). The molecule has 7 nitrogen and oxygen atoms in total. The van der Waals surface area contributed by atoms with Gasteiger partial charge in [0.25, 0.3) is 0 Å². The summed E-state index contributed by atoms with van der Waals surface area (Å²) in [5.74, 6) is 3.31. The molecule has 3 heterocycles. The van der Waals surface area contributed by atoms with Crippen molar-refractivity contribution in [2.45, 2.75) is 26.7 Å². The van der Waals surface area contributed by atoms with Crippen molar-refractivity contribution in [3.8, 4) is 0 Å². The van der Waals surface area contributed by atoms with Gasteiger partial charge in [0.1, 0.15) is 11.6 Å². The molecule has 2 fully saturated rings. The predicted octanol–water partition coefficient (Wildman–Crippen LogP) is 3.35. The minimum atomic E-state index is 0.562. The van der Waals surface area contributed by atoms with Crippen LogP contribution in [0, 0.1) is 5.92 Å². The first kappa shape index (κ1) is 21.6. The fourth-order valence-electron chi connectivity index (χ4n) is 4.18. The number of nitrogens with zero attached hydrogens (tertiary/aromatic N) is 5. The molecule has 0 saturated carbocycles. The van der Waals surface area contributed by atoms with E-state index in [-0.39, 0.29) is 0 Å². The Morgan fingerprint density at radius 2 is 1.52 bits per heavy atom. The summed E-state index contributed by atoms with van der Waals surface area (Å²) >= 11 is 5.38. The Morgan fingerprint density at radius 1 is 0.935 bits per heavy atom. The smallest absolute Gasteiger partial charge is 0.232 e. The molecule has 0 radical (unpaired) electrons. The number of nitrogens with one attached hydrogen (secondary N) is 2. The maximum Gasteiger partial charge on any atom is 0.232 e. The zero-order valence-electron chi connectivity index (χ0n) is 18.5. The number of piperazine rings is 1. The van der Waals surface area contributed by atoms with Gasteiger partial charge in [-0.3, -0.25) is 0 Å². The van der Waals surface area contributed by atoms with Gasteiger partial charge in [-0.05, 0) is 50.0 Å². The summed E-state index contributed by atoms with van der Waals surface area (Å²) in [6.07, 6.45) is 2.40. The van der Waals surface area contributed by atoms with Crippen LogP contribution in [0.4, 0.5) is 23.3 Å². The van der Waals surface area contributed by atoms with Crippen molar-refractivity contribution >= 4 is 40.6 Å². The van der Waals surface area contributed by atoms with Gasteiger partial charge in [-0.1, -0.05) is 25.1 Å². The maximum atomic E-state index is 5.38. The first-order valence-electron chi connectivity index (χ1n) is 11.4. The number of anilines is 4. The van der Waals surface area contributed by atoms with Gasteiger partial charge in [0, 0.05) is 57.6 Å². The zero-order chi connectivity index (χ0) is 21.6. The quantitative estimate of drug-likeness (QED) is 0.688. The van der Waals surface area contributed by atoms with E-state index in [0.717, 1.165) is 63.4 Å². The summed E-state index contributed by atoms with van der Waals surface area (Å²) in [5.41, 5.74) is 1.28. The Balaban J connectivity index is 1.51. The molecular weight excluding hydrogens is 406 g/mol. The lowest BCUT2D eigenvalue weighted by atomic mass is 9.99. The van der Waals surface area contributed by atoms with Crippen LogP contribution in [0.15, 0.2) is 36.4 Å². The second-order valence-electron chi connectivity index (χ2n) is 8.37. The average molecular weight is 440 g/mol. The number of rotatable bonds is 5. The summed E-state index contributed by atoms with van der Waals surface area (Å²) in [4.78, 5) is 16.8. The summed E-state index contributed by atoms with van der Waals surface area (Å²) in [7, 11) is 0. The lowest BCUT2D eigenvalue weighted by Crippen LogP contribution is -2.47. The topological polar surface area (TPSA) is 59.6 Å². The summed E-state index contributed by atoms with van der Waals surface area (Å²) in [5, 5.41) is 6.87. The minimum Gasteiger partial charge on any atom is -0.368 e. The Kier molecular flexibility index (Phi) is 7.06. The molecule has 2 saturated heterocycles. The lowest BCUT2D eigenvalue weighted by Gasteiger charge is -2.37. The first-order valence-corrected chi connectivity index (χ1v) is 11.8. The second kappa shape index (κ2) is 10.1. The summed E-state index contributed by atoms with van der Waals surface area (Å²) in [6.45, 7) is 11.0. The molecular formula is C23H33N7S. The molecule has 0 atom stereocenters. The van der Waals surface area contributed by atoms with E-state index in [9.17, 15) is 0 Å². The van der Waals surface area contributed by atoms with Crippen LogP contribution < -0.4 is 25.3 Å². The molecule has 2 aromatic rings. The third-order valence-electron chi connectivity index (χ3n) is 6.09. The Labute approximate surface area is 190 Å². The maximum absolute atomic E-state index is 5.38. The predicted molar refractivity (Wildman–Crippen MR) is 133 cm³/mol. The average Bonchev–Trinajstić information content (AvgIpc) is 2.80. The molecule has 0 bridgehead atoms. The van der Waals surface area contributed by atoms with E-state index in [1.807, 2.05) is 6.92 Å². The van der Waals surface area contributed by atoms with E-state index in [2.05, 4.69) is 68.7 Å². The van der Waals surface area contributed by atoms with Crippen molar-refractivity contribution in [1.29, 1.82) is 0 Å².